The van der Waals surface area contributed by atoms with Crippen molar-refractivity contribution in [3.63, 3.8) is 0 Å². The lowest BCUT2D eigenvalue weighted by Crippen LogP contribution is -2.33. The summed E-state index contributed by atoms with van der Waals surface area (Å²) in [6.07, 6.45) is 2.26. The highest BCUT2D eigenvalue weighted by atomic mass is 35.5. The minimum Gasteiger partial charge on any atom is -0.508 e. The fourth-order valence-electron chi connectivity index (χ4n) is 2.36. The Morgan fingerprint density at radius 1 is 1.28 bits per heavy atom. The number of aromatic hydroxyl groups is 1. The maximum absolute atomic E-state index is 12.8. The molecule has 5 nitrogen and oxygen atoms in total. The maximum atomic E-state index is 12.8. The largest absolute Gasteiger partial charge is 0.508 e. The first-order valence-electron chi connectivity index (χ1n) is 7.57. The Hall–Kier alpha value is -2.76. The fraction of sp³-hybridized carbons (Fsp3) is 0.105. The van der Waals surface area contributed by atoms with Crippen LogP contribution in [0, 0.1) is 0 Å². The first-order valence-corrected chi connectivity index (χ1v) is 7.95. The second-order valence-corrected chi connectivity index (χ2v) is 5.77. The van der Waals surface area contributed by atoms with Gasteiger partial charge in [0, 0.05) is 16.9 Å². The molecule has 0 fully saturated rings. The zero-order chi connectivity index (χ0) is 17.8. The zero-order valence-corrected chi connectivity index (χ0v) is 14.0. The highest BCUT2D eigenvalue weighted by Crippen LogP contribution is 2.33. The summed E-state index contributed by atoms with van der Waals surface area (Å²) < 4.78 is 11.3. The molecule has 2 N–H and O–H groups in total. The summed E-state index contributed by atoms with van der Waals surface area (Å²) in [7, 11) is 0. The number of carbonyl (C=O) groups excluding carboxylic acids is 1. The first kappa shape index (κ1) is 17.1. The van der Waals surface area contributed by atoms with E-state index in [2.05, 4.69) is 11.9 Å². The number of carbonyl (C=O) groups is 1. The van der Waals surface area contributed by atoms with Crippen molar-refractivity contribution in [2.75, 3.05) is 11.9 Å². The Balaban J connectivity index is 1.92. The smallest absolute Gasteiger partial charge is 0.232 e. The number of Topliss-reactive ketones (excluding diaryl/α,β-unsaturated/α-hetero) is 1. The number of ketones is 1. The Kier molecular flexibility index (Phi) is 5.07. The van der Waals surface area contributed by atoms with E-state index < -0.39 is 6.29 Å². The van der Waals surface area contributed by atoms with Crippen molar-refractivity contribution in [2.24, 2.45) is 0 Å². The molecule has 0 amide bonds. The van der Waals surface area contributed by atoms with Crippen LogP contribution in [-0.4, -0.2) is 23.8 Å². The van der Waals surface area contributed by atoms with E-state index in [1.807, 2.05) is 0 Å². The molecule has 0 spiro atoms. The molecule has 2 aromatic carbocycles. The number of anilines is 1. The molecule has 1 aliphatic rings. The Morgan fingerprint density at radius 2 is 2.04 bits per heavy atom. The zero-order valence-electron chi connectivity index (χ0n) is 13.2. The van der Waals surface area contributed by atoms with E-state index in [9.17, 15) is 9.90 Å². The van der Waals surface area contributed by atoms with Crippen molar-refractivity contribution in [1.29, 1.82) is 0 Å². The number of ether oxygens (including phenoxy) is 2. The fourth-order valence-corrected chi connectivity index (χ4v) is 2.53. The molecule has 25 heavy (non-hydrogen) atoms. The van der Waals surface area contributed by atoms with Crippen molar-refractivity contribution in [2.45, 2.75) is 6.29 Å². The van der Waals surface area contributed by atoms with Crippen LogP contribution in [0.15, 0.2) is 66.9 Å². The number of halogens is 1. The molecular weight excluding hydrogens is 342 g/mol. The number of nitrogens with one attached hydrogen (secondary N) is 1. The summed E-state index contributed by atoms with van der Waals surface area (Å²) in [5, 5.41) is 12.8. The molecular formula is C19H16ClNO4. The predicted molar refractivity (Wildman–Crippen MR) is 96.2 cm³/mol. The maximum Gasteiger partial charge on any atom is 0.232 e. The molecule has 1 heterocycles. The molecule has 0 bridgehead atoms. The second kappa shape index (κ2) is 7.42. The minimum absolute atomic E-state index is 0.158. The van der Waals surface area contributed by atoms with Crippen LogP contribution in [0.3, 0.4) is 0 Å². The predicted octanol–water partition coefficient (Wildman–Crippen LogP) is 4.15. The van der Waals surface area contributed by atoms with Gasteiger partial charge >= 0.3 is 0 Å². The van der Waals surface area contributed by atoms with Crippen molar-refractivity contribution in [3.8, 4) is 11.5 Å². The third-order valence-corrected chi connectivity index (χ3v) is 3.80. The lowest BCUT2D eigenvalue weighted by atomic mass is 10.00. The van der Waals surface area contributed by atoms with Gasteiger partial charge in [0.2, 0.25) is 12.1 Å². The lowest BCUT2D eigenvalue weighted by Gasteiger charge is -2.27. The molecule has 0 unspecified atom stereocenters. The number of hydrogen-bond acceptors (Lipinski definition) is 5. The van der Waals surface area contributed by atoms with E-state index in [0.29, 0.717) is 27.6 Å². The van der Waals surface area contributed by atoms with Gasteiger partial charge in [0.25, 0.3) is 0 Å². The average molecular weight is 358 g/mol. The van der Waals surface area contributed by atoms with Crippen LogP contribution in [0.25, 0.3) is 0 Å². The number of phenolic OH excluding ortho intramolecular Hbond substituents is 1. The van der Waals surface area contributed by atoms with Crippen LogP contribution in [0.1, 0.15) is 10.4 Å². The minimum atomic E-state index is -0.858. The van der Waals surface area contributed by atoms with Gasteiger partial charge in [-0.1, -0.05) is 17.7 Å². The molecule has 6 heteroatoms. The van der Waals surface area contributed by atoms with Gasteiger partial charge in [-0.15, -0.1) is 6.58 Å². The van der Waals surface area contributed by atoms with Crippen LogP contribution < -0.4 is 10.1 Å². The molecule has 1 atom stereocenters. The van der Waals surface area contributed by atoms with Gasteiger partial charge in [-0.25, -0.2) is 0 Å². The van der Waals surface area contributed by atoms with E-state index in [1.54, 1.807) is 48.5 Å². The second-order valence-electron chi connectivity index (χ2n) is 5.33. The summed E-state index contributed by atoms with van der Waals surface area (Å²) in [6.45, 7) is 3.84. The van der Waals surface area contributed by atoms with Gasteiger partial charge in [0.15, 0.2) is 0 Å². The van der Waals surface area contributed by atoms with Crippen molar-refractivity contribution >= 4 is 23.1 Å². The van der Waals surface area contributed by atoms with Gasteiger partial charge in [-0.2, -0.15) is 0 Å². The molecule has 2 aromatic rings. The summed E-state index contributed by atoms with van der Waals surface area (Å²) in [5.74, 6) is 0.348. The number of fused-ring (bicyclic) bond motifs is 1. The molecule has 3 rings (SSSR count). The summed E-state index contributed by atoms with van der Waals surface area (Å²) >= 11 is 5.99. The standard InChI is InChI=1S/C19H16ClNO4/c1-2-9-24-19-16(11-21-13-4-6-14(22)7-5-13)18(23)15-10-12(20)3-8-17(15)25-19/h2-8,10-11,19,21-22H,1,9H2/b16-11-/t19-/m0/s1. The quantitative estimate of drug-likeness (QED) is 0.478. The van der Waals surface area contributed by atoms with Crippen molar-refractivity contribution in [3.05, 3.63) is 77.5 Å². The summed E-state index contributed by atoms with van der Waals surface area (Å²) in [5.41, 5.74) is 1.40. The summed E-state index contributed by atoms with van der Waals surface area (Å²) in [4.78, 5) is 12.8. The van der Waals surface area contributed by atoms with E-state index in [1.165, 1.54) is 6.20 Å². The lowest BCUT2D eigenvalue weighted by molar-refractivity contribution is -0.0444. The highest BCUT2D eigenvalue weighted by Gasteiger charge is 2.32. The Bertz CT molecular complexity index is 830. The first-order chi connectivity index (χ1) is 12.1. The topological polar surface area (TPSA) is 67.8 Å². The highest BCUT2D eigenvalue weighted by molar-refractivity contribution is 6.31. The van der Waals surface area contributed by atoms with Crippen LogP contribution in [-0.2, 0) is 4.74 Å². The van der Waals surface area contributed by atoms with Crippen LogP contribution >= 0.6 is 11.6 Å². The molecule has 0 saturated heterocycles. The van der Waals surface area contributed by atoms with E-state index in [4.69, 9.17) is 21.1 Å². The van der Waals surface area contributed by atoms with Gasteiger partial charge in [0.05, 0.1) is 17.7 Å². The van der Waals surface area contributed by atoms with E-state index >= 15 is 0 Å². The number of hydrogen-bond donors (Lipinski definition) is 2. The van der Waals surface area contributed by atoms with Gasteiger partial charge < -0.3 is 19.9 Å². The van der Waals surface area contributed by atoms with Crippen LogP contribution in [0.2, 0.25) is 5.02 Å². The average Bonchev–Trinajstić information content (AvgIpc) is 2.61. The van der Waals surface area contributed by atoms with Crippen LogP contribution in [0.4, 0.5) is 5.69 Å². The molecule has 0 saturated carbocycles. The molecule has 0 radical (unpaired) electrons. The molecule has 128 valence electrons. The van der Waals surface area contributed by atoms with E-state index in [0.717, 1.165) is 0 Å². The SMILES string of the molecule is C=CCO[C@H]1Oc2ccc(Cl)cc2C(=O)/C1=C/Nc1ccc(O)cc1. The number of phenols is 1. The third kappa shape index (κ3) is 3.84. The van der Waals surface area contributed by atoms with Crippen LogP contribution in [0.5, 0.6) is 11.5 Å². The summed E-state index contributed by atoms with van der Waals surface area (Å²) in [6, 6.07) is 11.3. The van der Waals surface area contributed by atoms with E-state index in [-0.39, 0.29) is 18.1 Å². The van der Waals surface area contributed by atoms with Crippen molar-refractivity contribution < 1.29 is 19.4 Å². The molecule has 0 aliphatic carbocycles. The van der Waals surface area contributed by atoms with Gasteiger partial charge in [-0.3, -0.25) is 4.79 Å². The van der Waals surface area contributed by atoms with Gasteiger partial charge in [-0.05, 0) is 42.5 Å². The Labute approximate surface area is 150 Å². The monoisotopic (exact) mass is 357 g/mol. The number of rotatable bonds is 5. The normalized spacial score (nSPS) is 17.7. The van der Waals surface area contributed by atoms with Crippen molar-refractivity contribution in [1.82, 2.24) is 0 Å². The number of benzene rings is 2. The molecule has 0 aromatic heterocycles. The van der Waals surface area contributed by atoms with Gasteiger partial charge in [0.1, 0.15) is 11.5 Å². The third-order valence-electron chi connectivity index (χ3n) is 3.56. The Morgan fingerprint density at radius 3 is 2.76 bits per heavy atom. The molecule has 1 aliphatic heterocycles.